The van der Waals surface area contributed by atoms with Gasteiger partial charge >= 0.3 is 190 Å². The second-order valence-corrected chi connectivity index (χ2v) is 20.1. The number of hydrogen-bond acceptors (Lipinski definition) is 0. The van der Waals surface area contributed by atoms with Gasteiger partial charge in [-0.05, 0) is 0 Å². The summed E-state index contributed by atoms with van der Waals surface area (Å²) in [6.07, 6.45) is 2.31. The molecule has 0 aromatic heterocycles. The normalized spacial score (nSPS) is 18.8. The van der Waals surface area contributed by atoms with Crippen molar-refractivity contribution in [1.82, 2.24) is 0 Å². The topological polar surface area (TPSA) is 0 Å². The SMILES string of the molecule is CC1=[C]([Zr]2([C]3=C(C)Cc4ccc5ccccc5c43)[CH2][CH2]2)c2c(ccc3ccccc23)C1. The van der Waals surface area contributed by atoms with Gasteiger partial charge in [0.15, 0.2) is 0 Å². The summed E-state index contributed by atoms with van der Waals surface area (Å²) in [5.74, 6) is 0. The van der Waals surface area contributed by atoms with E-state index < -0.39 is 20.3 Å². The first-order chi connectivity index (χ1) is 15.2. The maximum absolute atomic E-state index is 2.66. The first-order valence-corrected chi connectivity index (χ1v) is 17.5. The van der Waals surface area contributed by atoms with Crippen LogP contribution in [0.15, 0.2) is 83.9 Å². The van der Waals surface area contributed by atoms with Crippen LogP contribution in [0.4, 0.5) is 0 Å². The Balaban J connectivity index is 1.50. The fourth-order valence-corrected chi connectivity index (χ4v) is 22.3. The van der Waals surface area contributed by atoms with Gasteiger partial charge in [0.25, 0.3) is 0 Å². The summed E-state index contributed by atoms with van der Waals surface area (Å²) in [6, 6.07) is 27.6. The molecule has 31 heavy (non-hydrogen) atoms. The monoisotopic (exact) mass is 476 g/mol. The van der Waals surface area contributed by atoms with E-state index in [-0.39, 0.29) is 0 Å². The van der Waals surface area contributed by atoms with Crippen LogP contribution in [0.3, 0.4) is 0 Å². The van der Waals surface area contributed by atoms with Gasteiger partial charge in [0.1, 0.15) is 0 Å². The molecule has 0 atom stereocenters. The summed E-state index contributed by atoms with van der Waals surface area (Å²) < 4.78 is 6.69. The summed E-state index contributed by atoms with van der Waals surface area (Å²) in [5.41, 5.74) is 9.77. The molecule has 0 amide bonds. The zero-order valence-corrected chi connectivity index (χ0v) is 20.7. The van der Waals surface area contributed by atoms with Gasteiger partial charge < -0.3 is 0 Å². The number of fused-ring (bicyclic) bond motifs is 6. The molecule has 3 aliphatic rings. The van der Waals surface area contributed by atoms with E-state index in [1.807, 2.05) is 6.56 Å². The molecule has 7 rings (SSSR count). The van der Waals surface area contributed by atoms with Gasteiger partial charge in [0.05, 0.1) is 0 Å². The number of allylic oxidation sites excluding steroid dienone is 2. The van der Waals surface area contributed by atoms with Crippen molar-refractivity contribution < 1.29 is 20.3 Å². The van der Waals surface area contributed by atoms with Crippen LogP contribution in [-0.4, -0.2) is 0 Å². The van der Waals surface area contributed by atoms with Crippen LogP contribution < -0.4 is 0 Å². The van der Waals surface area contributed by atoms with E-state index in [1.165, 1.54) is 29.8 Å². The van der Waals surface area contributed by atoms with Gasteiger partial charge in [-0.1, -0.05) is 0 Å². The van der Waals surface area contributed by atoms with Crippen molar-refractivity contribution in [3.05, 3.63) is 106 Å². The molecular weight excluding hydrogens is 452 g/mol. The molecule has 0 radical (unpaired) electrons. The molecule has 4 aromatic carbocycles. The van der Waals surface area contributed by atoms with Crippen LogP contribution in [-0.2, 0) is 33.1 Å². The number of benzene rings is 4. The van der Waals surface area contributed by atoms with Gasteiger partial charge in [-0.25, -0.2) is 0 Å². The molecule has 0 nitrogen and oxygen atoms in total. The Morgan fingerprint density at radius 2 is 1.00 bits per heavy atom. The standard InChI is InChI=1S/2C14H11.C2H4.Zr/c2*1-10-8-12-7-6-11-4-2-3-5-13(11)14(12)9-10;1-2;/h2*2-7H,8H2,1H3;1-2H2;. The van der Waals surface area contributed by atoms with Crippen LogP contribution >= 0.6 is 0 Å². The average molecular weight is 478 g/mol. The van der Waals surface area contributed by atoms with Crippen LogP contribution in [0.5, 0.6) is 0 Å². The summed E-state index contributed by atoms with van der Waals surface area (Å²) in [6.45, 7) is 4.88. The van der Waals surface area contributed by atoms with E-state index in [1.54, 1.807) is 33.4 Å². The van der Waals surface area contributed by atoms with E-state index in [0.29, 0.717) is 0 Å². The Bertz CT molecular complexity index is 1380. The molecule has 1 heteroatoms. The second-order valence-electron chi connectivity index (χ2n) is 9.89. The summed E-state index contributed by atoms with van der Waals surface area (Å²) in [5, 5.41) is 5.78. The molecule has 4 aromatic rings. The fourth-order valence-electron chi connectivity index (χ4n) is 6.74. The fraction of sp³-hybridized carbons (Fsp3) is 0.200. The Kier molecular flexibility index (Phi) is 3.78. The molecule has 0 spiro atoms. The Labute approximate surface area is 188 Å². The molecule has 1 aliphatic heterocycles. The molecule has 0 bridgehead atoms. The first-order valence-electron chi connectivity index (χ1n) is 11.6. The van der Waals surface area contributed by atoms with Gasteiger partial charge in [0, 0.05) is 0 Å². The minimum atomic E-state index is -2.66. The van der Waals surface area contributed by atoms with Crippen LogP contribution in [0.25, 0.3) is 28.1 Å². The van der Waals surface area contributed by atoms with E-state index in [9.17, 15) is 0 Å². The minimum absolute atomic E-state index is 1.16. The van der Waals surface area contributed by atoms with Crippen LogP contribution in [0.2, 0.25) is 8.26 Å². The predicted octanol–water partition coefficient (Wildman–Crippen LogP) is 8.27. The summed E-state index contributed by atoms with van der Waals surface area (Å²) >= 11 is -2.66. The molecule has 2 aliphatic carbocycles. The number of rotatable bonds is 2. The Morgan fingerprint density at radius 3 is 1.45 bits per heavy atom. The molecule has 0 saturated carbocycles. The van der Waals surface area contributed by atoms with Crippen molar-refractivity contribution in [3.8, 4) is 0 Å². The van der Waals surface area contributed by atoms with Crippen molar-refractivity contribution in [2.24, 2.45) is 0 Å². The molecule has 1 fully saturated rings. The average Bonchev–Trinajstić information content (AvgIpc) is 3.37. The quantitative estimate of drug-likeness (QED) is 0.272. The van der Waals surface area contributed by atoms with Crippen LogP contribution in [0, 0.1) is 0 Å². The van der Waals surface area contributed by atoms with Crippen molar-refractivity contribution in [2.45, 2.75) is 34.9 Å². The number of hydrogen-bond donors (Lipinski definition) is 0. The van der Waals surface area contributed by atoms with Crippen LogP contribution in [0.1, 0.15) is 36.1 Å². The van der Waals surface area contributed by atoms with E-state index in [0.717, 1.165) is 12.8 Å². The third-order valence-corrected chi connectivity index (χ3v) is 19.7. The molecule has 1 heterocycles. The molecular formula is C30H26Zr. The van der Waals surface area contributed by atoms with E-state index >= 15 is 0 Å². The second kappa shape index (κ2) is 6.40. The summed E-state index contributed by atoms with van der Waals surface area (Å²) in [7, 11) is 0. The van der Waals surface area contributed by atoms with Gasteiger partial charge in [-0.2, -0.15) is 0 Å². The third-order valence-electron chi connectivity index (χ3n) is 8.00. The van der Waals surface area contributed by atoms with Crippen molar-refractivity contribution in [3.63, 3.8) is 0 Å². The predicted molar refractivity (Wildman–Crippen MR) is 130 cm³/mol. The summed E-state index contributed by atoms with van der Waals surface area (Å²) in [4.78, 5) is 0. The van der Waals surface area contributed by atoms with Crippen molar-refractivity contribution in [1.29, 1.82) is 0 Å². The zero-order chi connectivity index (χ0) is 20.7. The zero-order valence-electron chi connectivity index (χ0n) is 18.3. The van der Waals surface area contributed by atoms with Gasteiger partial charge in [-0.15, -0.1) is 0 Å². The first kappa shape index (κ1) is 18.3. The van der Waals surface area contributed by atoms with Gasteiger partial charge in [0.2, 0.25) is 0 Å². The molecule has 150 valence electrons. The van der Waals surface area contributed by atoms with Gasteiger partial charge in [-0.3, -0.25) is 0 Å². The Morgan fingerprint density at radius 1 is 0.548 bits per heavy atom. The molecule has 0 unspecified atom stereocenters. The molecule has 0 N–H and O–H groups in total. The Hall–Kier alpha value is -2.24. The maximum atomic E-state index is 2.44. The van der Waals surface area contributed by atoms with E-state index in [4.69, 9.17) is 0 Å². The van der Waals surface area contributed by atoms with Crippen molar-refractivity contribution >= 4 is 28.1 Å². The molecule has 1 saturated heterocycles. The van der Waals surface area contributed by atoms with E-state index in [2.05, 4.69) is 86.6 Å². The van der Waals surface area contributed by atoms with Crippen molar-refractivity contribution in [2.75, 3.05) is 0 Å². The third kappa shape index (κ3) is 2.45.